The predicted molar refractivity (Wildman–Crippen MR) is 87.6 cm³/mol. The van der Waals surface area contributed by atoms with Gasteiger partial charge in [0.05, 0.1) is 6.10 Å². The summed E-state index contributed by atoms with van der Waals surface area (Å²) in [7, 11) is 0. The van der Waals surface area contributed by atoms with Gasteiger partial charge in [0.15, 0.2) is 0 Å². The zero-order valence-corrected chi connectivity index (χ0v) is 14.0. The van der Waals surface area contributed by atoms with E-state index >= 15 is 0 Å². The molecule has 1 aliphatic heterocycles. The Labute approximate surface area is 129 Å². The van der Waals surface area contributed by atoms with E-state index in [1.807, 2.05) is 0 Å². The lowest BCUT2D eigenvalue weighted by molar-refractivity contribution is -0.177. The third-order valence-electron chi connectivity index (χ3n) is 4.83. The highest BCUT2D eigenvalue weighted by Crippen LogP contribution is 2.52. The summed E-state index contributed by atoms with van der Waals surface area (Å²) in [6, 6.07) is 7.19. The van der Waals surface area contributed by atoms with Gasteiger partial charge in [0.25, 0.3) is 0 Å². The third kappa shape index (κ3) is 2.29. The van der Waals surface area contributed by atoms with E-state index in [1.54, 1.807) is 0 Å². The highest BCUT2D eigenvalue weighted by molar-refractivity contribution is 14.1. The Kier molecular flexibility index (Phi) is 3.54. The minimum atomic E-state index is 0.238. The molecule has 3 rings (SSSR count). The number of rotatable bonds is 2. The normalized spacial score (nSPS) is 32.3. The second-order valence-electron chi connectivity index (χ2n) is 6.50. The van der Waals surface area contributed by atoms with Crippen molar-refractivity contribution in [1.29, 1.82) is 0 Å². The van der Waals surface area contributed by atoms with Crippen molar-refractivity contribution >= 4 is 28.3 Å². The highest BCUT2D eigenvalue weighted by atomic mass is 127. The van der Waals surface area contributed by atoms with E-state index in [4.69, 9.17) is 4.74 Å². The molecule has 2 nitrogen and oxygen atoms in total. The van der Waals surface area contributed by atoms with Crippen LogP contribution in [-0.2, 0) is 4.74 Å². The number of benzene rings is 1. The third-order valence-corrected chi connectivity index (χ3v) is 5.99. The van der Waals surface area contributed by atoms with Crippen molar-refractivity contribution in [3.63, 3.8) is 0 Å². The topological polar surface area (TPSA) is 21.3 Å². The maximum Gasteiger partial charge on any atom is 0.0693 e. The largest absolute Gasteiger partial charge is 0.381 e. The van der Waals surface area contributed by atoms with Crippen molar-refractivity contribution in [2.24, 2.45) is 11.3 Å². The van der Waals surface area contributed by atoms with Crippen LogP contribution >= 0.6 is 22.6 Å². The molecule has 0 amide bonds. The summed E-state index contributed by atoms with van der Waals surface area (Å²) < 4.78 is 7.29. The van der Waals surface area contributed by atoms with Crippen LogP contribution in [0.5, 0.6) is 0 Å². The lowest BCUT2D eigenvalue weighted by atomic mass is 9.55. The average Bonchev–Trinajstić information content (AvgIpc) is 2.40. The minimum Gasteiger partial charge on any atom is -0.381 e. The van der Waals surface area contributed by atoms with Crippen molar-refractivity contribution in [2.75, 3.05) is 11.9 Å². The fourth-order valence-electron chi connectivity index (χ4n) is 3.68. The second kappa shape index (κ2) is 4.92. The van der Waals surface area contributed by atoms with E-state index in [-0.39, 0.29) is 5.41 Å². The van der Waals surface area contributed by atoms with E-state index in [9.17, 15) is 0 Å². The van der Waals surface area contributed by atoms with Crippen molar-refractivity contribution in [3.8, 4) is 0 Å². The monoisotopic (exact) mass is 371 g/mol. The molecule has 0 radical (unpaired) electrons. The first-order valence-electron chi connectivity index (χ1n) is 7.14. The van der Waals surface area contributed by atoms with Gasteiger partial charge in [0.1, 0.15) is 0 Å². The zero-order chi connectivity index (χ0) is 13.6. The fourth-order valence-corrected chi connectivity index (χ4v) is 4.19. The SMILES string of the molecule is Cc1ccc(NC2C3CCCOC3C2(C)C)cc1I. The van der Waals surface area contributed by atoms with Gasteiger partial charge in [0.2, 0.25) is 0 Å². The molecule has 0 spiro atoms. The Bertz CT molecular complexity index is 486. The van der Waals surface area contributed by atoms with E-state index in [2.05, 4.69) is 66.9 Å². The molecule has 1 aliphatic carbocycles. The molecule has 1 heterocycles. The van der Waals surface area contributed by atoms with Crippen LogP contribution in [0.2, 0.25) is 0 Å². The quantitative estimate of drug-likeness (QED) is 0.787. The summed E-state index contributed by atoms with van der Waals surface area (Å²) in [5.41, 5.74) is 2.83. The van der Waals surface area contributed by atoms with Crippen LogP contribution in [0.15, 0.2) is 18.2 Å². The van der Waals surface area contributed by atoms with Gasteiger partial charge >= 0.3 is 0 Å². The van der Waals surface area contributed by atoms with Crippen LogP contribution in [0.3, 0.4) is 0 Å². The fraction of sp³-hybridized carbons (Fsp3) is 0.625. The maximum atomic E-state index is 5.96. The molecule has 0 bridgehead atoms. The van der Waals surface area contributed by atoms with E-state index in [0.29, 0.717) is 18.1 Å². The molecular formula is C16H22INO. The maximum absolute atomic E-state index is 5.96. The molecule has 1 N–H and O–H groups in total. The van der Waals surface area contributed by atoms with Crippen LogP contribution < -0.4 is 5.32 Å². The van der Waals surface area contributed by atoms with Crippen LogP contribution in [0, 0.1) is 21.8 Å². The molecule has 3 atom stereocenters. The number of halogens is 1. The number of ether oxygens (including phenoxy) is 1. The van der Waals surface area contributed by atoms with E-state index in [1.165, 1.54) is 27.7 Å². The smallest absolute Gasteiger partial charge is 0.0693 e. The molecule has 1 aromatic carbocycles. The first kappa shape index (κ1) is 13.7. The molecule has 1 saturated heterocycles. The summed E-state index contributed by atoms with van der Waals surface area (Å²) in [4.78, 5) is 0. The highest BCUT2D eigenvalue weighted by Gasteiger charge is 2.57. The summed E-state index contributed by atoms with van der Waals surface area (Å²) in [6.45, 7) is 7.76. The molecule has 2 aliphatic rings. The van der Waals surface area contributed by atoms with Gasteiger partial charge in [-0.1, -0.05) is 19.9 Å². The standard InChI is InChI=1S/C16H22INO/c1-10-6-7-11(9-13(10)17)18-14-12-5-4-8-19-15(12)16(14,2)3/h6-7,9,12,14-15,18H,4-5,8H2,1-3H3. The number of hydrogen-bond acceptors (Lipinski definition) is 2. The van der Waals surface area contributed by atoms with E-state index in [0.717, 1.165) is 6.61 Å². The molecule has 1 aromatic rings. The Hall–Kier alpha value is -0.290. The lowest BCUT2D eigenvalue weighted by Crippen LogP contribution is -2.67. The molecular weight excluding hydrogens is 349 g/mol. The number of fused-ring (bicyclic) bond motifs is 1. The molecule has 1 saturated carbocycles. The summed E-state index contributed by atoms with van der Waals surface area (Å²) in [5.74, 6) is 0.683. The zero-order valence-electron chi connectivity index (χ0n) is 11.9. The number of aryl methyl sites for hydroxylation is 1. The molecule has 3 heteroatoms. The average molecular weight is 371 g/mol. The Balaban J connectivity index is 1.77. The van der Waals surface area contributed by atoms with Gasteiger partial charge in [-0.2, -0.15) is 0 Å². The van der Waals surface area contributed by atoms with Crippen molar-refractivity contribution < 1.29 is 4.74 Å². The minimum absolute atomic E-state index is 0.238. The molecule has 3 unspecified atom stereocenters. The van der Waals surface area contributed by atoms with Gasteiger partial charge in [-0.3, -0.25) is 0 Å². The molecule has 104 valence electrons. The van der Waals surface area contributed by atoms with Gasteiger partial charge < -0.3 is 10.1 Å². The van der Waals surface area contributed by atoms with Gasteiger partial charge in [-0.15, -0.1) is 0 Å². The number of hydrogen-bond donors (Lipinski definition) is 1. The second-order valence-corrected chi connectivity index (χ2v) is 7.67. The first-order chi connectivity index (χ1) is 9.00. The first-order valence-corrected chi connectivity index (χ1v) is 8.22. The Morgan fingerprint density at radius 3 is 2.89 bits per heavy atom. The Morgan fingerprint density at radius 2 is 2.16 bits per heavy atom. The van der Waals surface area contributed by atoms with Crippen LogP contribution in [0.1, 0.15) is 32.3 Å². The predicted octanol–water partition coefficient (Wildman–Crippen LogP) is 4.22. The van der Waals surface area contributed by atoms with Crippen molar-refractivity contribution in [3.05, 3.63) is 27.3 Å². The summed E-state index contributed by atoms with van der Waals surface area (Å²) >= 11 is 2.41. The van der Waals surface area contributed by atoms with Crippen LogP contribution in [-0.4, -0.2) is 18.8 Å². The summed E-state index contributed by atoms with van der Waals surface area (Å²) in [5, 5.41) is 3.75. The molecule has 0 aromatic heterocycles. The molecule has 19 heavy (non-hydrogen) atoms. The number of anilines is 1. The van der Waals surface area contributed by atoms with Gasteiger partial charge in [0, 0.05) is 33.2 Å². The van der Waals surface area contributed by atoms with Crippen LogP contribution in [0.4, 0.5) is 5.69 Å². The number of nitrogens with one attached hydrogen (secondary N) is 1. The van der Waals surface area contributed by atoms with Gasteiger partial charge in [-0.25, -0.2) is 0 Å². The Morgan fingerprint density at radius 1 is 1.37 bits per heavy atom. The van der Waals surface area contributed by atoms with Gasteiger partial charge in [-0.05, 0) is 60.1 Å². The van der Waals surface area contributed by atoms with Crippen molar-refractivity contribution in [2.45, 2.75) is 45.8 Å². The van der Waals surface area contributed by atoms with Crippen molar-refractivity contribution in [1.82, 2.24) is 0 Å². The summed E-state index contributed by atoms with van der Waals surface area (Å²) in [6.07, 6.45) is 2.96. The van der Waals surface area contributed by atoms with E-state index < -0.39 is 0 Å². The molecule has 2 fully saturated rings. The lowest BCUT2D eigenvalue weighted by Gasteiger charge is -2.60. The van der Waals surface area contributed by atoms with Crippen LogP contribution in [0.25, 0.3) is 0 Å².